The lowest BCUT2D eigenvalue weighted by molar-refractivity contribution is -0.145. The van der Waals surface area contributed by atoms with Crippen LogP contribution in [0.1, 0.15) is 45.4 Å². The molecule has 1 aliphatic heterocycles. The van der Waals surface area contributed by atoms with Gasteiger partial charge >= 0.3 is 5.97 Å². The molecule has 2 atom stereocenters. The van der Waals surface area contributed by atoms with E-state index in [-0.39, 0.29) is 18.2 Å². The number of ether oxygens (including phenoxy) is 1. The van der Waals surface area contributed by atoms with Crippen molar-refractivity contribution in [3.8, 4) is 0 Å². The molecule has 0 aromatic carbocycles. The van der Waals surface area contributed by atoms with E-state index in [1.165, 1.54) is 32.1 Å². The minimum atomic E-state index is -0.389. The van der Waals surface area contributed by atoms with Crippen LogP contribution in [0.5, 0.6) is 0 Å². The van der Waals surface area contributed by atoms with E-state index in [0.717, 1.165) is 24.9 Å². The van der Waals surface area contributed by atoms with E-state index in [2.05, 4.69) is 4.90 Å². The van der Waals surface area contributed by atoms with Crippen molar-refractivity contribution in [2.24, 2.45) is 11.8 Å². The number of nitrogens with zero attached hydrogens (tertiary/aromatic N) is 1. The highest BCUT2D eigenvalue weighted by Gasteiger charge is 2.31. The zero-order chi connectivity index (χ0) is 13.7. The summed E-state index contributed by atoms with van der Waals surface area (Å²) in [6.07, 6.45) is 6.55. The molecule has 1 saturated carbocycles. The Hall–Kier alpha value is -0.900. The third-order valence-electron chi connectivity index (χ3n) is 4.42. The van der Waals surface area contributed by atoms with Crippen molar-refractivity contribution in [2.75, 3.05) is 26.2 Å². The van der Waals surface area contributed by atoms with Crippen LogP contribution in [-0.2, 0) is 14.3 Å². The number of hydrogen-bond donors (Lipinski definition) is 0. The molecule has 2 fully saturated rings. The van der Waals surface area contributed by atoms with Crippen molar-refractivity contribution in [3.63, 3.8) is 0 Å². The van der Waals surface area contributed by atoms with Gasteiger partial charge in [0.25, 0.3) is 0 Å². The molecule has 108 valence electrons. The minimum absolute atomic E-state index is 0.00675. The summed E-state index contributed by atoms with van der Waals surface area (Å²) in [5, 5.41) is 0. The van der Waals surface area contributed by atoms with Crippen LogP contribution in [0.15, 0.2) is 0 Å². The van der Waals surface area contributed by atoms with E-state index in [1.807, 2.05) is 0 Å². The van der Waals surface area contributed by atoms with Crippen LogP contribution >= 0.6 is 0 Å². The topological polar surface area (TPSA) is 46.6 Å². The molecule has 0 aromatic heterocycles. The van der Waals surface area contributed by atoms with Gasteiger partial charge in [0.1, 0.15) is 6.42 Å². The van der Waals surface area contributed by atoms with Crippen molar-refractivity contribution in [3.05, 3.63) is 0 Å². The molecule has 2 aliphatic rings. The average Bonchev–Trinajstić information content (AvgIpc) is 2.38. The van der Waals surface area contributed by atoms with Crippen LogP contribution in [0.2, 0.25) is 0 Å². The van der Waals surface area contributed by atoms with E-state index in [9.17, 15) is 9.59 Å². The lowest BCUT2D eigenvalue weighted by atomic mass is 9.75. The summed E-state index contributed by atoms with van der Waals surface area (Å²) >= 11 is 0. The molecule has 0 aromatic rings. The summed E-state index contributed by atoms with van der Waals surface area (Å²) in [6.45, 7) is 4.58. The summed E-state index contributed by atoms with van der Waals surface area (Å²) < 4.78 is 4.81. The number of rotatable bonds is 5. The van der Waals surface area contributed by atoms with Crippen molar-refractivity contribution in [2.45, 2.75) is 45.4 Å². The zero-order valence-corrected chi connectivity index (χ0v) is 11.9. The van der Waals surface area contributed by atoms with E-state index >= 15 is 0 Å². The maximum atomic E-state index is 11.8. The fourth-order valence-corrected chi connectivity index (χ4v) is 3.50. The quantitative estimate of drug-likeness (QED) is 0.565. The second-order valence-corrected chi connectivity index (χ2v) is 5.85. The van der Waals surface area contributed by atoms with Gasteiger partial charge in [-0.3, -0.25) is 14.5 Å². The smallest absolute Gasteiger partial charge is 0.313 e. The third kappa shape index (κ3) is 4.30. The van der Waals surface area contributed by atoms with Gasteiger partial charge in [0.05, 0.1) is 13.2 Å². The Morgan fingerprint density at radius 1 is 1.16 bits per heavy atom. The molecule has 19 heavy (non-hydrogen) atoms. The van der Waals surface area contributed by atoms with Gasteiger partial charge in [-0.15, -0.1) is 0 Å². The van der Waals surface area contributed by atoms with Gasteiger partial charge in [0.2, 0.25) is 0 Å². The second-order valence-electron chi connectivity index (χ2n) is 5.85. The Morgan fingerprint density at radius 3 is 2.63 bits per heavy atom. The molecule has 0 amide bonds. The minimum Gasteiger partial charge on any atom is -0.466 e. The Labute approximate surface area is 115 Å². The molecular formula is C15H25NO3. The molecule has 0 spiro atoms. The highest BCUT2D eigenvalue weighted by molar-refractivity contribution is 5.96. The van der Waals surface area contributed by atoms with Crippen LogP contribution in [0.4, 0.5) is 0 Å². The summed E-state index contributed by atoms with van der Waals surface area (Å²) in [4.78, 5) is 25.3. The highest BCUT2D eigenvalue weighted by Crippen LogP contribution is 2.35. The number of hydrogen-bond acceptors (Lipinski definition) is 4. The van der Waals surface area contributed by atoms with Crippen LogP contribution < -0.4 is 0 Å². The monoisotopic (exact) mass is 267 g/mol. The number of likely N-dealkylation sites (tertiary alicyclic amines) is 1. The number of carbonyl (C=O) groups excluding carboxylic acids is 2. The molecule has 0 N–H and O–H groups in total. The van der Waals surface area contributed by atoms with Crippen molar-refractivity contribution in [1.29, 1.82) is 0 Å². The summed E-state index contributed by atoms with van der Waals surface area (Å²) in [5.74, 6) is 1.26. The fourth-order valence-electron chi connectivity index (χ4n) is 3.50. The number of ketones is 1. The van der Waals surface area contributed by atoms with Crippen LogP contribution in [0, 0.1) is 11.8 Å². The average molecular weight is 267 g/mol. The molecule has 1 heterocycles. The molecule has 2 rings (SSSR count). The number of fused-ring (bicyclic) bond motifs is 1. The lowest BCUT2D eigenvalue weighted by Crippen LogP contribution is -2.44. The van der Waals surface area contributed by atoms with Crippen molar-refractivity contribution < 1.29 is 14.3 Å². The van der Waals surface area contributed by atoms with Crippen LogP contribution in [0.3, 0.4) is 0 Å². The molecule has 0 bridgehead atoms. The van der Waals surface area contributed by atoms with E-state index in [1.54, 1.807) is 6.92 Å². The first kappa shape index (κ1) is 14.5. The second kappa shape index (κ2) is 7.04. The first-order valence-electron chi connectivity index (χ1n) is 7.58. The van der Waals surface area contributed by atoms with E-state index in [4.69, 9.17) is 4.74 Å². The van der Waals surface area contributed by atoms with Gasteiger partial charge in [-0.1, -0.05) is 19.3 Å². The first-order chi connectivity index (χ1) is 9.19. The van der Waals surface area contributed by atoms with Gasteiger partial charge in [0.15, 0.2) is 5.78 Å². The first-order valence-corrected chi connectivity index (χ1v) is 7.58. The fraction of sp³-hybridized carbons (Fsp3) is 0.867. The van der Waals surface area contributed by atoms with Gasteiger partial charge in [-0.05, 0) is 38.1 Å². The lowest BCUT2D eigenvalue weighted by Gasteiger charge is -2.41. The maximum Gasteiger partial charge on any atom is 0.313 e. The number of piperidine rings is 1. The predicted octanol–water partition coefficient (Wildman–Crippen LogP) is 2.02. The van der Waals surface area contributed by atoms with Crippen LogP contribution in [0.25, 0.3) is 0 Å². The molecule has 4 heteroatoms. The molecular weight excluding hydrogens is 242 g/mol. The predicted molar refractivity (Wildman–Crippen MR) is 72.8 cm³/mol. The largest absolute Gasteiger partial charge is 0.466 e. The molecule has 1 saturated heterocycles. The number of esters is 1. The highest BCUT2D eigenvalue weighted by atomic mass is 16.5. The Kier molecular flexibility index (Phi) is 5.37. The Morgan fingerprint density at radius 2 is 1.89 bits per heavy atom. The molecule has 2 unspecified atom stereocenters. The molecule has 0 radical (unpaired) electrons. The Bertz CT molecular complexity index is 329. The summed E-state index contributed by atoms with van der Waals surface area (Å²) in [7, 11) is 0. The zero-order valence-electron chi connectivity index (χ0n) is 11.9. The maximum absolute atomic E-state index is 11.8. The van der Waals surface area contributed by atoms with Crippen molar-refractivity contribution >= 4 is 11.8 Å². The van der Waals surface area contributed by atoms with Gasteiger partial charge in [-0.2, -0.15) is 0 Å². The standard InChI is InChI=1S/C15H25NO3/c1-2-19-15(18)9-14(17)11-16-8-7-12-5-3-4-6-13(12)10-16/h12-13H,2-11H2,1H3. The van der Waals surface area contributed by atoms with Gasteiger partial charge in [0, 0.05) is 6.54 Å². The number of carbonyl (C=O) groups is 2. The Balaban J connectivity index is 1.74. The van der Waals surface area contributed by atoms with Crippen molar-refractivity contribution in [1.82, 2.24) is 4.90 Å². The number of Topliss-reactive ketones (excluding diaryl/α,β-unsaturated/α-hetero) is 1. The summed E-state index contributed by atoms with van der Waals surface area (Å²) in [5.41, 5.74) is 0. The van der Waals surface area contributed by atoms with E-state index < -0.39 is 0 Å². The molecule has 1 aliphatic carbocycles. The van der Waals surface area contributed by atoms with E-state index in [0.29, 0.717) is 13.2 Å². The third-order valence-corrected chi connectivity index (χ3v) is 4.42. The summed E-state index contributed by atoms with van der Waals surface area (Å²) in [6, 6.07) is 0. The SMILES string of the molecule is CCOC(=O)CC(=O)CN1CCC2CCCCC2C1. The van der Waals surface area contributed by atoms with Gasteiger partial charge < -0.3 is 4.74 Å². The van der Waals surface area contributed by atoms with Crippen LogP contribution in [-0.4, -0.2) is 42.9 Å². The normalized spacial score (nSPS) is 27.6. The van der Waals surface area contributed by atoms with Gasteiger partial charge in [-0.25, -0.2) is 0 Å². The molecule has 4 nitrogen and oxygen atoms in total.